The molecule has 2 rings (SSSR count). The van der Waals surface area contributed by atoms with Crippen LogP contribution in [0.15, 0.2) is 48.5 Å². The van der Waals surface area contributed by atoms with Crippen molar-refractivity contribution in [2.45, 2.75) is 12.5 Å². The summed E-state index contributed by atoms with van der Waals surface area (Å²) < 4.78 is 10.6. The summed E-state index contributed by atoms with van der Waals surface area (Å²) in [5.74, 6) is 1.60. The second-order valence-corrected chi connectivity index (χ2v) is 6.05. The molecule has 0 bridgehead atoms. The van der Waals surface area contributed by atoms with Crippen LogP contribution in [-0.4, -0.2) is 45.7 Å². The van der Waals surface area contributed by atoms with E-state index in [0.29, 0.717) is 13.0 Å². The SMILES string of the molecule is COc1ccc(CC(=O)NCC(c2ccccc2OC)N(C)C)cc1. The number of para-hydroxylation sites is 1. The Labute approximate surface area is 149 Å². The van der Waals surface area contributed by atoms with Gasteiger partial charge in [0.2, 0.25) is 5.91 Å². The molecule has 0 fully saturated rings. The van der Waals surface area contributed by atoms with Gasteiger partial charge in [-0.15, -0.1) is 0 Å². The van der Waals surface area contributed by atoms with Crippen LogP contribution in [0.1, 0.15) is 17.2 Å². The molecule has 0 saturated heterocycles. The first-order chi connectivity index (χ1) is 12.0. The number of nitrogens with one attached hydrogen (secondary N) is 1. The van der Waals surface area contributed by atoms with Crippen molar-refractivity contribution in [3.63, 3.8) is 0 Å². The van der Waals surface area contributed by atoms with Gasteiger partial charge in [0.05, 0.1) is 26.7 Å². The van der Waals surface area contributed by atoms with Crippen molar-refractivity contribution in [2.75, 3.05) is 34.9 Å². The standard InChI is InChI=1S/C20H26N2O3/c1-22(2)18(17-7-5-6-8-19(17)25-4)14-21-20(23)13-15-9-11-16(24-3)12-10-15/h5-12,18H,13-14H2,1-4H3,(H,21,23). The minimum atomic E-state index is -0.00749. The van der Waals surface area contributed by atoms with Gasteiger partial charge in [-0.25, -0.2) is 0 Å². The molecule has 0 aliphatic carbocycles. The Morgan fingerprint density at radius 1 is 1.04 bits per heavy atom. The summed E-state index contributed by atoms with van der Waals surface area (Å²) in [5.41, 5.74) is 2.01. The Morgan fingerprint density at radius 2 is 1.72 bits per heavy atom. The minimum absolute atomic E-state index is 0.00749. The fourth-order valence-corrected chi connectivity index (χ4v) is 2.71. The van der Waals surface area contributed by atoms with E-state index in [9.17, 15) is 4.79 Å². The smallest absolute Gasteiger partial charge is 0.224 e. The number of nitrogens with zero attached hydrogens (tertiary/aromatic N) is 1. The molecule has 0 aromatic heterocycles. The number of ether oxygens (including phenoxy) is 2. The summed E-state index contributed by atoms with van der Waals surface area (Å²) in [6, 6.07) is 15.5. The van der Waals surface area contributed by atoms with Gasteiger partial charge >= 0.3 is 0 Å². The number of likely N-dealkylation sites (N-methyl/N-ethyl adjacent to an activating group) is 1. The van der Waals surface area contributed by atoms with Crippen LogP contribution in [0.3, 0.4) is 0 Å². The third-order valence-corrected chi connectivity index (χ3v) is 4.14. The van der Waals surface area contributed by atoms with E-state index in [1.807, 2.05) is 62.6 Å². The second-order valence-electron chi connectivity index (χ2n) is 6.05. The van der Waals surface area contributed by atoms with E-state index in [2.05, 4.69) is 10.2 Å². The second kappa shape index (κ2) is 9.08. The van der Waals surface area contributed by atoms with Crippen LogP contribution in [0.25, 0.3) is 0 Å². The fraction of sp³-hybridized carbons (Fsp3) is 0.350. The lowest BCUT2D eigenvalue weighted by Crippen LogP contribution is -2.35. The lowest BCUT2D eigenvalue weighted by Gasteiger charge is -2.26. The zero-order valence-electron chi connectivity index (χ0n) is 15.3. The monoisotopic (exact) mass is 342 g/mol. The van der Waals surface area contributed by atoms with Crippen molar-refractivity contribution in [2.24, 2.45) is 0 Å². The molecule has 1 atom stereocenters. The van der Waals surface area contributed by atoms with Crippen LogP contribution in [0.4, 0.5) is 0 Å². The highest BCUT2D eigenvalue weighted by Gasteiger charge is 2.19. The molecule has 2 aromatic rings. The van der Waals surface area contributed by atoms with Crippen molar-refractivity contribution in [1.29, 1.82) is 0 Å². The maximum Gasteiger partial charge on any atom is 0.224 e. The van der Waals surface area contributed by atoms with Crippen molar-refractivity contribution >= 4 is 5.91 Å². The minimum Gasteiger partial charge on any atom is -0.497 e. The van der Waals surface area contributed by atoms with E-state index >= 15 is 0 Å². The summed E-state index contributed by atoms with van der Waals surface area (Å²) >= 11 is 0. The maximum absolute atomic E-state index is 12.3. The Kier molecular flexibility index (Phi) is 6.83. The van der Waals surface area contributed by atoms with E-state index in [1.54, 1.807) is 14.2 Å². The highest BCUT2D eigenvalue weighted by atomic mass is 16.5. The average Bonchev–Trinajstić information content (AvgIpc) is 2.62. The highest BCUT2D eigenvalue weighted by molar-refractivity contribution is 5.78. The highest BCUT2D eigenvalue weighted by Crippen LogP contribution is 2.27. The van der Waals surface area contributed by atoms with Crippen LogP contribution in [-0.2, 0) is 11.2 Å². The molecule has 2 aromatic carbocycles. The van der Waals surface area contributed by atoms with Crippen molar-refractivity contribution in [3.05, 3.63) is 59.7 Å². The van der Waals surface area contributed by atoms with E-state index in [0.717, 1.165) is 22.6 Å². The molecule has 0 radical (unpaired) electrons. The Morgan fingerprint density at radius 3 is 2.32 bits per heavy atom. The largest absolute Gasteiger partial charge is 0.497 e. The number of amides is 1. The molecule has 134 valence electrons. The molecular formula is C20H26N2O3. The van der Waals surface area contributed by atoms with E-state index in [-0.39, 0.29) is 11.9 Å². The lowest BCUT2D eigenvalue weighted by molar-refractivity contribution is -0.120. The Balaban J connectivity index is 1.99. The molecule has 5 nitrogen and oxygen atoms in total. The van der Waals surface area contributed by atoms with Gasteiger partial charge in [0.15, 0.2) is 0 Å². The fourth-order valence-electron chi connectivity index (χ4n) is 2.71. The summed E-state index contributed by atoms with van der Waals surface area (Å²) in [5, 5.41) is 3.02. The van der Waals surface area contributed by atoms with Gasteiger partial charge in [-0.2, -0.15) is 0 Å². The van der Waals surface area contributed by atoms with Gasteiger partial charge in [0, 0.05) is 12.1 Å². The van der Waals surface area contributed by atoms with Gasteiger partial charge in [0.1, 0.15) is 11.5 Å². The predicted octanol–water partition coefficient (Wildman–Crippen LogP) is 2.67. The maximum atomic E-state index is 12.3. The molecule has 0 spiro atoms. The number of rotatable bonds is 8. The first-order valence-electron chi connectivity index (χ1n) is 8.24. The quantitative estimate of drug-likeness (QED) is 0.801. The number of benzene rings is 2. The molecule has 5 heteroatoms. The number of hydrogen-bond acceptors (Lipinski definition) is 4. The molecule has 0 aliphatic heterocycles. The van der Waals surface area contributed by atoms with Gasteiger partial charge in [-0.1, -0.05) is 30.3 Å². The number of methoxy groups -OCH3 is 2. The zero-order chi connectivity index (χ0) is 18.2. The Bertz CT molecular complexity index is 684. The molecule has 1 N–H and O–H groups in total. The summed E-state index contributed by atoms with van der Waals surface area (Å²) in [4.78, 5) is 14.4. The molecule has 25 heavy (non-hydrogen) atoms. The molecule has 0 saturated carbocycles. The lowest BCUT2D eigenvalue weighted by atomic mass is 10.0. The Hall–Kier alpha value is -2.53. The van der Waals surface area contributed by atoms with Crippen molar-refractivity contribution in [1.82, 2.24) is 10.2 Å². The van der Waals surface area contributed by atoms with Crippen LogP contribution < -0.4 is 14.8 Å². The van der Waals surface area contributed by atoms with E-state index in [1.165, 1.54) is 0 Å². The first-order valence-corrected chi connectivity index (χ1v) is 8.24. The van der Waals surface area contributed by atoms with Crippen LogP contribution in [0.5, 0.6) is 11.5 Å². The van der Waals surface area contributed by atoms with Gasteiger partial charge in [0.25, 0.3) is 0 Å². The molecular weight excluding hydrogens is 316 g/mol. The number of hydrogen-bond donors (Lipinski definition) is 1. The van der Waals surface area contributed by atoms with Gasteiger partial charge < -0.3 is 19.7 Å². The van der Waals surface area contributed by atoms with Crippen LogP contribution >= 0.6 is 0 Å². The molecule has 1 unspecified atom stereocenters. The van der Waals surface area contributed by atoms with Gasteiger partial charge in [-0.3, -0.25) is 4.79 Å². The predicted molar refractivity (Wildman–Crippen MR) is 99.1 cm³/mol. The summed E-state index contributed by atoms with van der Waals surface area (Å²) in [7, 11) is 7.27. The zero-order valence-corrected chi connectivity index (χ0v) is 15.3. The van der Waals surface area contributed by atoms with E-state index < -0.39 is 0 Å². The molecule has 1 amide bonds. The first kappa shape index (κ1) is 18.8. The molecule has 0 heterocycles. The third kappa shape index (κ3) is 5.22. The molecule has 0 aliphatic rings. The number of carbonyl (C=O) groups is 1. The van der Waals surface area contributed by atoms with Crippen molar-refractivity contribution < 1.29 is 14.3 Å². The van der Waals surface area contributed by atoms with Crippen molar-refractivity contribution in [3.8, 4) is 11.5 Å². The summed E-state index contributed by atoms with van der Waals surface area (Å²) in [6.07, 6.45) is 0.343. The third-order valence-electron chi connectivity index (χ3n) is 4.14. The van der Waals surface area contributed by atoms with E-state index in [4.69, 9.17) is 9.47 Å². The van der Waals surface area contributed by atoms with Gasteiger partial charge in [-0.05, 0) is 37.9 Å². The number of carbonyl (C=O) groups excluding carboxylic acids is 1. The van der Waals surface area contributed by atoms with Crippen LogP contribution in [0.2, 0.25) is 0 Å². The summed E-state index contributed by atoms with van der Waals surface area (Å²) in [6.45, 7) is 0.516. The average molecular weight is 342 g/mol. The normalized spacial score (nSPS) is 11.9. The van der Waals surface area contributed by atoms with Crippen LogP contribution in [0, 0.1) is 0 Å². The topological polar surface area (TPSA) is 50.8 Å².